The maximum Gasteiger partial charge on any atom is 0.328 e. The Balaban J connectivity index is 2.80. The molecular formula is C7H9N3O5. The maximum atomic E-state index is 11.3. The van der Waals surface area contributed by atoms with Gasteiger partial charge in [0, 0.05) is 6.92 Å². The fourth-order valence-electron chi connectivity index (χ4n) is 0.846. The second kappa shape index (κ2) is 3.65. The van der Waals surface area contributed by atoms with Crippen molar-refractivity contribution in [2.75, 3.05) is 0 Å². The van der Waals surface area contributed by atoms with Crippen molar-refractivity contribution in [1.29, 1.82) is 0 Å². The molecule has 0 aliphatic carbocycles. The minimum atomic E-state index is -1.94. The molecule has 8 heteroatoms. The Bertz CT molecular complexity index is 331. The van der Waals surface area contributed by atoms with Crippen LogP contribution in [0.25, 0.3) is 0 Å². The molecule has 1 fully saturated rings. The molecule has 1 saturated heterocycles. The van der Waals surface area contributed by atoms with Gasteiger partial charge in [0.05, 0.1) is 0 Å². The van der Waals surface area contributed by atoms with Crippen molar-refractivity contribution in [3.8, 4) is 0 Å². The van der Waals surface area contributed by atoms with E-state index in [1.807, 2.05) is 16.1 Å². The maximum absolute atomic E-state index is 11.3. The van der Waals surface area contributed by atoms with E-state index in [2.05, 4.69) is 4.84 Å². The van der Waals surface area contributed by atoms with E-state index in [-0.39, 0.29) is 0 Å². The first-order chi connectivity index (χ1) is 6.86. The lowest BCUT2D eigenvalue weighted by atomic mass is 10.0. The van der Waals surface area contributed by atoms with Gasteiger partial charge in [-0.3, -0.25) is 25.0 Å². The van der Waals surface area contributed by atoms with Crippen LogP contribution in [0.3, 0.4) is 0 Å². The summed E-state index contributed by atoms with van der Waals surface area (Å²) in [5.41, 5.74) is -0.0854. The molecule has 0 aromatic rings. The summed E-state index contributed by atoms with van der Waals surface area (Å²) >= 11 is 0. The molecular weight excluding hydrogens is 206 g/mol. The number of urea groups is 1. The molecule has 3 N–H and O–H groups in total. The lowest BCUT2D eigenvalue weighted by molar-refractivity contribution is -0.172. The van der Waals surface area contributed by atoms with E-state index in [1.54, 1.807) is 0 Å². The average Bonchev–Trinajstić information content (AvgIpc) is 2.11. The first kappa shape index (κ1) is 11.1. The number of rotatable bonds is 2. The molecule has 0 bridgehead atoms. The number of hydrogen-bond acceptors (Lipinski definition) is 5. The number of barbiturate groups is 1. The van der Waals surface area contributed by atoms with Crippen molar-refractivity contribution in [3.05, 3.63) is 0 Å². The van der Waals surface area contributed by atoms with Crippen LogP contribution < -0.4 is 16.1 Å². The number of carbonyl (C=O) groups is 4. The van der Waals surface area contributed by atoms with Gasteiger partial charge in [0.25, 0.3) is 11.8 Å². The Kier molecular flexibility index (Phi) is 2.71. The summed E-state index contributed by atoms with van der Waals surface area (Å²) in [5.74, 6) is -2.45. The quantitative estimate of drug-likeness (QED) is 0.370. The third-order valence-corrected chi connectivity index (χ3v) is 1.72. The number of imide groups is 2. The van der Waals surface area contributed by atoms with E-state index in [9.17, 15) is 19.2 Å². The molecule has 0 aromatic carbocycles. The van der Waals surface area contributed by atoms with Crippen LogP contribution in [0, 0.1) is 0 Å². The van der Waals surface area contributed by atoms with Gasteiger partial charge in [-0.15, -0.1) is 0 Å². The zero-order chi connectivity index (χ0) is 11.6. The number of carbonyl (C=O) groups excluding carboxylic acids is 4. The highest BCUT2D eigenvalue weighted by Gasteiger charge is 2.48. The monoisotopic (exact) mass is 215 g/mol. The zero-order valence-corrected chi connectivity index (χ0v) is 8.04. The minimum Gasteiger partial charge on any atom is -0.275 e. The number of nitrogens with one attached hydrogen (secondary N) is 3. The normalized spacial score (nSPS) is 19.2. The Labute approximate surface area is 84.3 Å². The van der Waals surface area contributed by atoms with Gasteiger partial charge in [-0.25, -0.2) is 15.1 Å². The SMILES string of the molecule is CC(=O)NOC1(C)C(=O)NC(=O)NC1=O. The molecule has 1 aliphatic rings. The van der Waals surface area contributed by atoms with E-state index < -0.39 is 29.4 Å². The molecule has 0 radical (unpaired) electrons. The topological polar surface area (TPSA) is 114 Å². The highest BCUT2D eigenvalue weighted by molar-refractivity contribution is 6.21. The molecule has 0 unspecified atom stereocenters. The lowest BCUT2D eigenvalue weighted by Crippen LogP contribution is -2.67. The first-order valence-corrected chi connectivity index (χ1v) is 3.97. The number of hydroxylamine groups is 1. The fourth-order valence-corrected chi connectivity index (χ4v) is 0.846. The van der Waals surface area contributed by atoms with Crippen molar-refractivity contribution in [2.45, 2.75) is 19.4 Å². The van der Waals surface area contributed by atoms with Crippen molar-refractivity contribution in [1.82, 2.24) is 16.1 Å². The summed E-state index contributed by atoms with van der Waals surface area (Å²) in [4.78, 5) is 48.4. The zero-order valence-electron chi connectivity index (χ0n) is 8.04. The van der Waals surface area contributed by atoms with Gasteiger partial charge < -0.3 is 0 Å². The van der Waals surface area contributed by atoms with Gasteiger partial charge in [-0.05, 0) is 6.92 Å². The van der Waals surface area contributed by atoms with Crippen LogP contribution in [0.1, 0.15) is 13.8 Å². The van der Waals surface area contributed by atoms with Crippen LogP contribution in [0.5, 0.6) is 0 Å². The number of hydrogen-bond donors (Lipinski definition) is 3. The molecule has 1 rings (SSSR count). The van der Waals surface area contributed by atoms with Gasteiger partial charge in [0.1, 0.15) is 0 Å². The van der Waals surface area contributed by atoms with E-state index in [1.165, 1.54) is 0 Å². The molecule has 15 heavy (non-hydrogen) atoms. The highest BCUT2D eigenvalue weighted by atomic mass is 16.7. The summed E-state index contributed by atoms with van der Waals surface area (Å²) in [5, 5.41) is 3.68. The summed E-state index contributed by atoms with van der Waals surface area (Å²) in [7, 11) is 0. The summed E-state index contributed by atoms with van der Waals surface area (Å²) in [6, 6.07) is -0.922. The van der Waals surface area contributed by atoms with Gasteiger partial charge in [-0.2, -0.15) is 0 Å². The van der Waals surface area contributed by atoms with Gasteiger partial charge in [-0.1, -0.05) is 0 Å². The molecule has 0 spiro atoms. The number of amides is 5. The Morgan fingerprint density at radius 2 is 1.73 bits per heavy atom. The molecule has 0 aromatic heterocycles. The van der Waals surface area contributed by atoms with Gasteiger partial charge in [0.2, 0.25) is 11.5 Å². The summed E-state index contributed by atoms with van der Waals surface area (Å²) in [6.45, 7) is 2.27. The van der Waals surface area contributed by atoms with Crippen LogP contribution in [0.4, 0.5) is 4.79 Å². The van der Waals surface area contributed by atoms with E-state index in [0.29, 0.717) is 0 Å². The molecule has 0 atom stereocenters. The third-order valence-electron chi connectivity index (χ3n) is 1.72. The Hall–Kier alpha value is -1.96. The fraction of sp³-hybridized carbons (Fsp3) is 0.429. The minimum absolute atomic E-state index is 0.575. The average molecular weight is 215 g/mol. The van der Waals surface area contributed by atoms with E-state index in [4.69, 9.17) is 0 Å². The van der Waals surface area contributed by atoms with Crippen LogP contribution >= 0.6 is 0 Å². The largest absolute Gasteiger partial charge is 0.328 e. The smallest absolute Gasteiger partial charge is 0.275 e. The second-order valence-corrected chi connectivity index (χ2v) is 3.03. The molecule has 82 valence electrons. The van der Waals surface area contributed by atoms with Crippen LogP contribution in [0.15, 0.2) is 0 Å². The third kappa shape index (κ3) is 2.10. The van der Waals surface area contributed by atoms with Gasteiger partial charge >= 0.3 is 6.03 Å². The van der Waals surface area contributed by atoms with E-state index >= 15 is 0 Å². The second-order valence-electron chi connectivity index (χ2n) is 3.03. The molecule has 0 saturated carbocycles. The summed E-state index contributed by atoms with van der Waals surface area (Å²) in [6.07, 6.45) is 0. The Morgan fingerprint density at radius 3 is 2.13 bits per heavy atom. The van der Waals surface area contributed by atoms with Crippen LogP contribution in [0.2, 0.25) is 0 Å². The van der Waals surface area contributed by atoms with Gasteiger partial charge in [0.15, 0.2) is 0 Å². The van der Waals surface area contributed by atoms with Crippen LogP contribution in [-0.2, 0) is 19.2 Å². The molecule has 1 aliphatic heterocycles. The first-order valence-electron chi connectivity index (χ1n) is 3.97. The predicted molar refractivity (Wildman–Crippen MR) is 45.0 cm³/mol. The van der Waals surface area contributed by atoms with Crippen molar-refractivity contribution < 1.29 is 24.0 Å². The summed E-state index contributed by atoms with van der Waals surface area (Å²) < 4.78 is 0. The van der Waals surface area contributed by atoms with Crippen molar-refractivity contribution in [2.24, 2.45) is 0 Å². The Morgan fingerprint density at radius 1 is 1.27 bits per heavy atom. The molecule has 8 nitrogen and oxygen atoms in total. The van der Waals surface area contributed by atoms with Crippen LogP contribution in [-0.4, -0.2) is 29.4 Å². The predicted octanol–water partition coefficient (Wildman–Crippen LogP) is -1.82. The lowest BCUT2D eigenvalue weighted by Gasteiger charge is -2.29. The van der Waals surface area contributed by atoms with Crippen molar-refractivity contribution in [3.63, 3.8) is 0 Å². The standard InChI is InChI=1S/C7H9N3O5/c1-3(11)10-15-7(2)4(12)8-6(14)9-5(7)13/h1-2H3,(H,10,11)(H2,8,9,12,13,14). The van der Waals surface area contributed by atoms with E-state index in [0.717, 1.165) is 13.8 Å². The highest BCUT2D eigenvalue weighted by Crippen LogP contribution is 2.12. The molecule has 1 heterocycles. The van der Waals surface area contributed by atoms with Crippen molar-refractivity contribution >= 4 is 23.8 Å². The molecule has 5 amide bonds.